The fraction of sp³-hybridized carbons (Fsp3) is 0. The van der Waals surface area contributed by atoms with Crippen LogP contribution < -0.4 is 0 Å². The van der Waals surface area contributed by atoms with Gasteiger partial charge < -0.3 is 9.51 Å². The average molecular weight is 135 g/mol. The minimum absolute atomic E-state index is 0. The van der Waals surface area contributed by atoms with Crippen molar-refractivity contribution in [2.75, 3.05) is 0 Å². The highest BCUT2D eigenvalue weighted by Crippen LogP contribution is 2.13. The monoisotopic (exact) mass is 135 g/mol. The zero-order valence-electron chi connectivity index (χ0n) is 6.23. The quantitative estimate of drug-likeness (QED) is 0.588. The van der Waals surface area contributed by atoms with E-state index in [9.17, 15) is 5.11 Å². The molecule has 0 atom stereocenters. The maximum absolute atomic E-state index is 9.18. The van der Waals surface area contributed by atoms with Crippen LogP contribution >= 0.6 is 0 Å². The fourth-order valence-electron chi connectivity index (χ4n) is 0.933. The SMILES string of the molecule is Oc1cccn2ccnc12.[H+]. The van der Waals surface area contributed by atoms with Crippen molar-refractivity contribution in [1.82, 2.24) is 9.38 Å². The number of imidazole rings is 1. The first kappa shape index (κ1) is 5.29. The first-order valence-electron chi connectivity index (χ1n) is 2.98. The van der Waals surface area contributed by atoms with E-state index in [-0.39, 0.29) is 7.18 Å². The van der Waals surface area contributed by atoms with Crippen LogP contribution in [0.4, 0.5) is 0 Å². The van der Waals surface area contributed by atoms with Crippen LogP contribution in [-0.4, -0.2) is 14.5 Å². The third-order valence-electron chi connectivity index (χ3n) is 1.40. The van der Waals surface area contributed by atoms with Crippen molar-refractivity contribution in [3.05, 3.63) is 30.7 Å². The standard InChI is InChI=1S/C7H6N2O/c10-6-2-1-4-9-5-3-8-7(6)9/h1-5,10H/p+1. The molecule has 1 N–H and O–H groups in total. The second-order valence-corrected chi connectivity index (χ2v) is 2.05. The Labute approximate surface area is 59.0 Å². The van der Waals surface area contributed by atoms with Crippen molar-refractivity contribution in [2.45, 2.75) is 0 Å². The topological polar surface area (TPSA) is 37.5 Å². The highest BCUT2D eigenvalue weighted by atomic mass is 16.3. The number of fused-ring (bicyclic) bond motifs is 1. The lowest BCUT2D eigenvalue weighted by atomic mass is 10.4. The molecular formula is C7H7N2O+. The van der Waals surface area contributed by atoms with Crippen LogP contribution in [0.2, 0.25) is 0 Å². The molecule has 0 radical (unpaired) electrons. The Morgan fingerprint density at radius 2 is 2.40 bits per heavy atom. The van der Waals surface area contributed by atoms with Crippen LogP contribution in [0.25, 0.3) is 5.65 Å². The first-order valence-corrected chi connectivity index (χ1v) is 2.98. The minimum atomic E-state index is 0. The number of aromatic nitrogens is 2. The Morgan fingerprint density at radius 1 is 1.50 bits per heavy atom. The predicted octanol–water partition coefficient (Wildman–Crippen LogP) is 1.15. The number of nitrogens with zero attached hydrogens (tertiary/aromatic N) is 2. The van der Waals surface area contributed by atoms with E-state index in [1.54, 1.807) is 28.9 Å². The minimum Gasteiger partial charge on any atom is -0.504 e. The molecule has 0 aliphatic rings. The molecule has 0 aliphatic carbocycles. The molecular weight excluding hydrogens is 128 g/mol. The summed E-state index contributed by atoms with van der Waals surface area (Å²) < 4.78 is 1.76. The van der Waals surface area contributed by atoms with Crippen LogP contribution in [0.3, 0.4) is 0 Å². The Hall–Kier alpha value is -1.51. The molecule has 2 heterocycles. The van der Waals surface area contributed by atoms with E-state index < -0.39 is 0 Å². The third kappa shape index (κ3) is 0.572. The summed E-state index contributed by atoms with van der Waals surface area (Å²) in [5.41, 5.74) is 0.600. The summed E-state index contributed by atoms with van der Waals surface area (Å²) in [5, 5.41) is 9.18. The van der Waals surface area contributed by atoms with Crippen molar-refractivity contribution in [1.29, 1.82) is 0 Å². The average Bonchev–Trinajstić information content (AvgIpc) is 2.36. The smallest absolute Gasteiger partial charge is 0.504 e. The van der Waals surface area contributed by atoms with Crippen LogP contribution in [0.15, 0.2) is 30.7 Å². The maximum atomic E-state index is 9.18. The number of hydrogen-bond donors (Lipinski definition) is 1. The Bertz CT molecular complexity index is 358. The van der Waals surface area contributed by atoms with Gasteiger partial charge in [0.1, 0.15) is 0 Å². The van der Waals surface area contributed by atoms with Gasteiger partial charge in [-0.05, 0) is 12.1 Å². The zero-order chi connectivity index (χ0) is 6.97. The molecule has 50 valence electrons. The molecule has 2 rings (SSSR count). The van der Waals surface area contributed by atoms with Gasteiger partial charge in [0.2, 0.25) is 0 Å². The Balaban J connectivity index is 0.000000605. The van der Waals surface area contributed by atoms with Crippen molar-refractivity contribution in [3.63, 3.8) is 0 Å². The highest BCUT2D eigenvalue weighted by Gasteiger charge is 1.96. The summed E-state index contributed by atoms with van der Waals surface area (Å²) in [7, 11) is 0. The van der Waals surface area contributed by atoms with Crippen LogP contribution in [-0.2, 0) is 0 Å². The van der Waals surface area contributed by atoms with Gasteiger partial charge in [-0.2, -0.15) is 0 Å². The molecule has 0 fully saturated rings. The second-order valence-electron chi connectivity index (χ2n) is 2.05. The summed E-state index contributed by atoms with van der Waals surface area (Å²) >= 11 is 0. The lowest BCUT2D eigenvalue weighted by molar-refractivity contribution is 0.477. The summed E-state index contributed by atoms with van der Waals surface area (Å²) in [6.45, 7) is 0. The second kappa shape index (κ2) is 1.73. The first-order chi connectivity index (χ1) is 4.88. The predicted molar refractivity (Wildman–Crippen MR) is 38.0 cm³/mol. The molecule has 0 bridgehead atoms. The van der Waals surface area contributed by atoms with Crippen LogP contribution in [0.1, 0.15) is 1.43 Å². The molecule has 3 nitrogen and oxygen atoms in total. The van der Waals surface area contributed by atoms with E-state index in [4.69, 9.17) is 0 Å². The summed E-state index contributed by atoms with van der Waals surface area (Å²) in [4.78, 5) is 3.93. The van der Waals surface area contributed by atoms with E-state index in [0.29, 0.717) is 5.65 Å². The van der Waals surface area contributed by atoms with E-state index in [2.05, 4.69) is 4.98 Å². The molecule has 0 unspecified atom stereocenters. The summed E-state index contributed by atoms with van der Waals surface area (Å²) in [6, 6.07) is 3.38. The number of aromatic hydroxyl groups is 1. The van der Waals surface area contributed by atoms with E-state index in [1.165, 1.54) is 0 Å². The van der Waals surface area contributed by atoms with Crippen LogP contribution in [0, 0.1) is 0 Å². The molecule has 0 saturated carbocycles. The lowest BCUT2D eigenvalue weighted by Gasteiger charge is -1.92. The molecule has 0 spiro atoms. The normalized spacial score (nSPS) is 10.4. The summed E-state index contributed by atoms with van der Waals surface area (Å²) in [6.07, 6.45) is 5.27. The summed E-state index contributed by atoms with van der Waals surface area (Å²) in [5.74, 6) is 0.215. The van der Waals surface area contributed by atoms with Crippen molar-refractivity contribution >= 4 is 5.65 Å². The van der Waals surface area contributed by atoms with E-state index in [0.717, 1.165) is 0 Å². The van der Waals surface area contributed by atoms with Gasteiger partial charge in [-0.1, -0.05) is 0 Å². The van der Waals surface area contributed by atoms with Crippen molar-refractivity contribution < 1.29 is 6.53 Å². The third-order valence-corrected chi connectivity index (χ3v) is 1.40. The van der Waals surface area contributed by atoms with Gasteiger partial charge in [0.05, 0.1) is 0 Å². The number of rotatable bonds is 0. The molecule has 2 aromatic rings. The van der Waals surface area contributed by atoms with Gasteiger partial charge in [0.25, 0.3) is 0 Å². The molecule has 2 aromatic heterocycles. The van der Waals surface area contributed by atoms with Crippen LogP contribution in [0.5, 0.6) is 5.75 Å². The Kier molecular flexibility index (Phi) is 0.917. The van der Waals surface area contributed by atoms with Crippen molar-refractivity contribution in [3.8, 4) is 5.75 Å². The molecule has 0 amide bonds. The largest absolute Gasteiger partial charge is 1.00 e. The lowest BCUT2D eigenvalue weighted by Crippen LogP contribution is -1.80. The molecule has 0 aliphatic heterocycles. The molecule has 0 saturated heterocycles. The van der Waals surface area contributed by atoms with Gasteiger partial charge in [-0.25, -0.2) is 4.98 Å². The van der Waals surface area contributed by atoms with Crippen molar-refractivity contribution in [2.24, 2.45) is 0 Å². The van der Waals surface area contributed by atoms with Gasteiger partial charge in [-0.15, -0.1) is 0 Å². The maximum Gasteiger partial charge on any atom is 1.00 e. The van der Waals surface area contributed by atoms with E-state index in [1.807, 2.05) is 6.20 Å². The molecule has 10 heavy (non-hydrogen) atoms. The highest BCUT2D eigenvalue weighted by molar-refractivity contribution is 5.51. The van der Waals surface area contributed by atoms with Gasteiger partial charge in [-0.3, -0.25) is 0 Å². The zero-order valence-corrected chi connectivity index (χ0v) is 5.23. The fourth-order valence-corrected chi connectivity index (χ4v) is 0.933. The molecule has 0 aromatic carbocycles. The van der Waals surface area contributed by atoms with Gasteiger partial charge in [0.15, 0.2) is 11.4 Å². The van der Waals surface area contributed by atoms with E-state index >= 15 is 0 Å². The number of pyridine rings is 1. The Morgan fingerprint density at radius 3 is 3.20 bits per heavy atom. The van der Waals surface area contributed by atoms with Gasteiger partial charge >= 0.3 is 1.43 Å². The number of hydrogen-bond acceptors (Lipinski definition) is 2. The molecule has 3 heteroatoms. The van der Waals surface area contributed by atoms with Gasteiger partial charge in [0, 0.05) is 18.6 Å².